The van der Waals surface area contributed by atoms with E-state index < -0.39 is 0 Å². The monoisotopic (exact) mass is 417 g/mol. The van der Waals surface area contributed by atoms with Crippen LogP contribution >= 0.6 is 0 Å². The van der Waals surface area contributed by atoms with Crippen LogP contribution < -0.4 is 10.2 Å². The molecule has 3 aromatic carbocycles. The van der Waals surface area contributed by atoms with Crippen molar-refractivity contribution in [1.29, 1.82) is 0 Å². The van der Waals surface area contributed by atoms with Gasteiger partial charge in [-0.05, 0) is 33.9 Å². The van der Waals surface area contributed by atoms with E-state index in [0.717, 1.165) is 26.3 Å². The summed E-state index contributed by atoms with van der Waals surface area (Å²) in [6, 6.07) is 23.2. The Balaban J connectivity index is 1.56. The highest BCUT2D eigenvalue weighted by molar-refractivity contribution is 5.94. The van der Waals surface area contributed by atoms with E-state index >= 15 is 0 Å². The van der Waals surface area contributed by atoms with Crippen LogP contribution in [0, 0.1) is 0 Å². The second-order valence-corrected chi connectivity index (χ2v) is 9.43. The predicted molar refractivity (Wildman–Crippen MR) is 126 cm³/mol. The first-order chi connectivity index (χ1) is 14.9. The fourth-order valence-corrected chi connectivity index (χ4v) is 4.43. The Bertz CT molecular complexity index is 1030. The summed E-state index contributed by atoms with van der Waals surface area (Å²) in [4.78, 5) is 14.4. The van der Waals surface area contributed by atoms with Crippen LogP contribution in [-0.4, -0.2) is 38.8 Å². The van der Waals surface area contributed by atoms with Gasteiger partial charge in [-0.25, -0.2) is 0 Å². The second kappa shape index (κ2) is 9.21. The number of rotatable bonds is 5. The average Bonchev–Trinajstić information content (AvgIpc) is 2.79. The van der Waals surface area contributed by atoms with Gasteiger partial charge >= 0.3 is 0 Å². The number of carbonyl (C=O) groups is 1. The molecular formula is C27H33N2O2+. The lowest BCUT2D eigenvalue weighted by molar-refractivity contribution is -0.937. The quantitative estimate of drug-likeness (QED) is 0.667. The van der Waals surface area contributed by atoms with Gasteiger partial charge in [0.05, 0.1) is 19.8 Å². The van der Waals surface area contributed by atoms with E-state index in [9.17, 15) is 4.79 Å². The van der Waals surface area contributed by atoms with E-state index in [4.69, 9.17) is 4.74 Å². The van der Waals surface area contributed by atoms with Crippen molar-refractivity contribution in [3.63, 3.8) is 0 Å². The molecule has 1 aliphatic heterocycles. The predicted octanol–water partition coefficient (Wildman–Crippen LogP) is 3.52. The van der Waals surface area contributed by atoms with Crippen molar-refractivity contribution in [2.45, 2.75) is 32.2 Å². The topological polar surface area (TPSA) is 42.8 Å². The number of hydrogen-bond donors (Lipinski definition) is 2. The summed E-state index contributed by atoms with van der Waals surface area (Å²) in [6.45, 7) is 10.6. The normalized spacial score (nSPS) is 16.2. The SMILES string of the molecule is CC(C)(C)c1ccc(C(=O)NC[C@@H](c2cccc3ccccc23)[NH+]2CCOCC2)cc1. The molecule has 0 unspecified atom stereocenters. The zero-order valence-electron chi connectivity index (χ0n) is 18.8. The molecule has 1 saturated heterocycles. The van der Waals surface area contributed by atoms with Gasteiger partial charge in [-0.2, -0.15) is 0 Å². The van der Waals surface area contributed by atoms with Gasteiger partial charge in [0.1, 0.15) is 19.1 Å². The zero-order chi connectivity index (χ0) is 21.8. The number of ether oxygens (including phenoxy) is 1. The molecule has 1 heterocycles. The zero-order valence-corrected chi connectivity index (χ0v) is 18.8. The van der Waals surface area contributed by atoms with Crippen LogP contribution in [0.3, 0.4) is 0 Å². The highest BCUT2D eigenvalue weighted by Gasteiger charge is 2.28. The van der Waals surface area contributed by atoms with Crippen LogP contribution in [-0.2, 0) is 10.2 Å². The molecular weight excluding hydrogens is 384 g/mol. The molecule has 0 radical (unpaired) electrons. The lowest BCUT2D eigenvalue weighted by Gasteiger charge is -2.32. The Kier molecular flexibility index (Phi) is 6.40. The minimum atomic E-state index is -0.0154. The number of morpholine rings is 1. The molecule has 4 heteroatoms. The number of amides is 1. The third-order valence-electron chi connectivity index (χ3n) is 6.31. The van der Waals surface area contributed by atoms with Gasteiger partial charge in [0.2, 0.25) is 0 Å². The fraction of sp³-hybridized carbons (Fsp3) is 0.370. The van der Waals surface area contributed by atoms with Gasteiger partial charge in [-0.1, -0.05) is 75.4 Å². The maximum absolute atomic E-state index is 12.9. The average molecular weight is 418 g/mol. The van der Waals surface area contributed by atoms with E-state index in [0.29, 0.717) is 12.1 Å². The van der Waals surface area contributed by atoms with Gasteiger partial charge in [-0.15, -0.1) is 0 Å². The molecule has 1 amide bonds. The van der Waals surface area contributed by atoms with Crippen LogP contribution in [0.1, 0.15) is 48.3 Å². The first-order valence-electron chi connectivity index (χ1n) is 11.2. The summed E-state index contributed by atoms with van der Waals surface area (Å²) in [7, 11) is 0. The van der Waals surface area contributed by atoms with Crippen LogP contribution in [0.5, 0.6) is 0 Å². The minimum Gasteiger partial charge on any atom is -0.370 e. The summed E-state index contributed by atoms with van der Waals surface area (Å²) in [5.41, 5.74) is 3.31. The van der Waals surface area contributed by atoms with E-state index in [2.05, 4.69) is 80.7 Å². The van der Waals surface area contributed by atoms with E-state index in [1.807, 2.05) is 12.1 Å². The molecule has 4 nitrogen and oxygen atoms in total. The summed E-state index contributed by atoms with van der Waals surface area (Å²) < 4.78 is 5.60. The molecule has 0 saturated carbocycles. The molecule has 3 aromatic rings. The van der Waals surface area contributed by atoms with Gasteiger partial charge in [0.25, 0.3) is 5.91 Å². The van der Waals surface area contributed by atoms with Crippen molar-refractivity contribution < 1.29 is 14.4 Å². The standard InChI is InChI=1S/C27H32N2O2/c1-27(2,3)22-13-11-21(12-14-22)26(30)28-19-25(29-15-17-31-18-16-29)24-10-6-8-20-7-4-5-9-23(20)24/h4-14,25H,15-19H2,1-3H3,(H,28,30)/p+1/t25-/m0/s1. The van der Waals surface area contributed by atoms with Gasteiger partial charge in [-0.3, -0.25) is 4.79 Å². The van der Waals surface area contributed by atoms with E-state index in [1.54, 1.807) is 0 Å². The van der Waals surface area contributed by atoms with Crippen molar-refractivity contribution >= 4 is 16.7 Å². The van der Waals surface area contributed by atoms with Crippen molar-refractivity contribution in [2.24, 2.45) is 0 Å². The molecule has 0 aromatic heterocycles. The summed E-state index contributed by atoms with van der Waals surface area (Å²) in [5.74, 6) is -0.0154. The molecule has 31 heavy (non-hydrogen) atoms. The molecule has 0 aliphatic carbocycles. The van der Waals surface area contributed by atoms with Crippen LogP contribution in [0.15, 0.2) is 66.7 Å². The van der Waals surface area contributed by atoms with Crippen molar-refractivity contribution in [3.05, 3.63) is 83.4 Å². The second-order valence-electron chi connectivity index (χ2n) is 9.43. The third-order valence-corrected chi connectivity index (χ3v) is 6.31. The molecule has 1 aliphatic rings. The van der Waals surface area contributed by atoms with Crippen LogP contribution in [0.4, 0.5) is 0 Å². The number of nitrogens with one attached hydrogen (secondary N) is 2. The maximum Gasteiger partial charge on any atom is 0.251 e. The van der Waals surface area contributed by atoms with Gasteiger partial charge in [0, 0.05) is 11.1 Å². The Morgan fingerprint density at radius 1 is 0.968 bits per heavy atom. The highest BCUT2D eigenvalue weighted by Crippen LogP contribution is 2.24. The van der Waals surface area contributed by atoms with Crippen LogP contribution in [0.2, 0.25) is 0 Å². The number of benzene rings is 3. The fourth-order valence-electron chi connectivity index (χ4n) is 4.43. The molecule has 4 rings (SSSR count). The van der Waals surface area contributed by atoms with Crippen molar-refractivity contribution in [1.82, 2.24) is 5.32 Å². The molecule has 0 bridgehead atoms. The van der Waals surface area contributed by atoms with Gasteiger partial charge < -0.3 is 15.0 Å². The van der Waals surface area contributed by atoms with Crippen molar-refractivity contribution in [2.75, 3.05) is 32.8 Å². The summed E-state index contributed by atoms with van der Waals surface area (Å²) >= 11 is 0. The van der Waals surface area contributed by atoms with E-state index in [-0.39, 0.29) is 17.4 Å². The summed E-state index contributed by atoms with van der Waals surface area (Å²) in [6.07, 6.45) is 0. The molecule has 1 atom stereocenters. The Morgan fingerprint density at radius 3 is 2.35 bits per heavy atom. The Labute approximate surface area is 185 Å². The van der Waals surface area contributed by atoms with Crippen LogP contribution in [0.25, 0.3) is 10.8 Å². The largest absolute Gasteiger partial charge is 0.370 e. The molecule has 2 N–H and O–H groups in total. The number of carbonyl (C=O) groups excluding carboxylic acids is 1. The summed E-state index contributed by atoms with van der Waals surface area (Å²) in [5, 5.41) is 5.72. The first kappa shape index (κ1) is 21.5. The molecule has 162 valence electrons. The lowest BCUT2D eigenvalue weighted by Crippen LogP contribution is -3.15. The molecule has 1 fully saturated rings. The smallest absolute Gasteiger partial charge is 0.251 e. The Morgan fingerprint density at radius 2 is 1.65 bits per heavy atom. The van der Waals surface area contributed by atoms with E-state index in [1.165, 1.54) is 26.8 Å². The van der Waals surface area contributed by atoms with Crippen molar-refractivity contribution in [3.8, 4) is 0 Å². The third kappa shape index (κ3) is 4.97. The van der Waals surface area contributed by atoms with Gasteiger partial charge in [0.15, 0.2) is 0 Å². The number of quaternary nitrogens is 1. The molecule has 0 spiro atoms. The Hall–Kier alpha value is -2.69. The maximum atomic E-state index is 12.9. The first-order valence-corrected chi connectivity index (χ1v) is 11.2. The number of hydrogen-bond acceptors (Lipinski definition) is 2. The lowest BCUT2D eigenvalue weighted by atomic mass is 9.86. The number of fused-ring (bicyclic) bond motifs is 1. The highest BCUT2D eigenvalue weighted by atomic mass is 16.5. The minimum absolute atomic E-state index is 0.0154.